The molecule has 0 amide bonds. The molecule has 0 saturated carbocycles. The highest BCUT2D eigenvalue weighted by atomic mass is 16.5. The molecule has 1 aliphatic heterocycles. The summed E-state index contributed by atoms with van der Waals surface area (Å²) in [5.74, 6) is 1.19. The third-order valence-electron chi connectivity index (χ3n) is 3.65. The number of benzene rings is 1. The summed E-state index contributed by atoms with van der Waals surface area (Å²) in [5, 5.41) is 3.95. The van der Waals surface area contributed by atoms with Crippen LogP contribution in [-0.4, -0.2) is 23.7 Å². The molecule has 0 bridgehead atoms. The molecular formula is C14H18N4O. The highest BCUT2D eigenvalue weighted by molar-refractivity contribution is 5.59. The van der Waals surface area contributed by atoms with Crippen molar-refractivity contribution in [1.29, 1.82) is 0 Å². The molecule has 1 aromatic heterocycles. The Hall–Kier alpha value is -1.88. The van der Waals surface area contributed by atoms with Gasteiger partial charge in [0.25, 0.3) is 0 Å². The van der Waals surface area contributed by atoms with Gasteiger partial charge in [0.2, 0.25) is 5.89 Å². The van der Waals surface area contributed by atoms with Crippen molar-refractivity contribution >= 4 is 5.69 Å². The summed E-state index contributed by atoms with van der Waals surface area (Å²) in [6, 6.07) is 6.01. The lowest BCUT2D eigenvalue weighted by molar-refractivity contribution is 0.375. The Morgan fingerprint density at radius 3 is 3.05 bits per heavy atom. The Morgan fingerprint density at radius 2 is 2.32 bits per heavy atom. The summed E-state index contributed by atoms with van der Waals surface area (Å²) < 4.78 is 5.12. The van der Waals surface area contributed by atoms with Crippen molar-refractivity contribution in [2.24, 2.45) is 5.73 Å². The summed E-state index contributed by atoms with van der Waals surface area (Å²) in [6.45, 7) is 3.05. The van der Waals surface area contributed by atoms with Gasteiger partial charge in [-0.15, -0.1) is 0 Å². The first-order valence-corrected chi connectivity index (χ1v) is 6.61. The van der Waals surface area contributed by atoms with E-state index in [2.05, 4.69) is 34.2 Å². The zero-order valence-electron chi connectivity index (χ0n) is 11.3. The van der Waals surface area contributed by atoms with Gasteiger partial charge in [0.15, 0.2) is 5.82 Å². The standard InChI is InChI=1S/C14H18N4O/c1-3-12-16-14(17-19-12)13(15)10-4-5-11-9(8-10)6-7-18(11)2/h4-5,8,13H,3,6-7,15H2,1-2H3. The first kappa shape index (κ1) is 12.2. The van der Waals surface area contributed by atoms with Crippen LogP contribution in [0.2, 0.25) is 0 Å². The van der Waals surface area contributed by atoms with Gasteiger partial charge in [-0.2, -0.15) is 4.98 Å². The number of rotatable bonds is 3. The molecule has 1 atom stereocenters. The molecule has 2 N–H and O–H groups in total. The molecule has 1 unspecified atom stereocenters. The van der Waals surface area contributed by atoms with Crippen LogP contribution in [-0.2, 0) is 12.8 Å². The molecule has 0 radical (unpaired) electrons. The van der Waals surface area contributed by atoms with E-state index in [1.54, 1.807) is 0 Å². The van der Waals surface area contributed by atoms with Crippen molar-refractivity contribution in [3.63, 3.8) is 0 Å². The Labute approximate surface area is 112 Å². The average molecular weight is 258 g/mol. The van der Waals surface area contributed by atoms with Crippen molar-refractivity contribution in [1.82, 2.24) is 10.1 Å². The third-order valence-corrected chi connectivity index (χ3v) is 3.65. The highest BCUT2D eigenvalue weighted by Crippen LogP contribution is 2.29. The fourth-order valence-corrected chi connectivity index (χ4v) is 2.47. The topological polar surface area (TPSA) is 68.2 Å². The Morgan fingerprint density at radius 1 is 1.47 bits per heavy atom. The van der Waals surface area contributed by atoms with Crippen LogP contribution in [0.5, 0.6) is 0 Å². The molecule has 2 aromatic rings. The van der Waals surface area contributed by atoms with Crippen LogP contribution in [0.15, 0.2) is 22.7 Å². The van der Waals surface area contributed by atoms with E-state index < -0.39 is 0 Å². The minimum atomic E-state index is -0.319. The van der Waals surface area contributed by atoms with Crippen LogP contribution in [0.25, 0.3) is 0 Å². The van der Waals surface area contributed by atoms with Crippen LogP contribution in [0.3, 0.4) is 0 Å². The van der Waals surface area contributed by atoms with Crippen molar-refractivity contribution in [3.8, 4) is 0 Å². The second-order valence-corrected chi connectivity index (χ2v) is 4.94. The quantitative estimate of drug-likeness (QED) is 0.907. The zero-order chi connectivity index (χ0) is 13.4. The predicted molar refractivity (Wildman–Crippen MR) is 73.1 cm³/mol. The number of nitrogens with zero attached hydrogens (tertiary/aromatic N) is 3. The number of hydrogen-bond acceptors (Lipinski definition) is 5. The summed E-state index contributed by atoms with van der Waals surface area (Å²) in [6.07, 6.45) is 1.80. The third kappa shape index (κ3) is 2.10. The van der Waals surface area contributed by atoms with Crippen molar-refractivity contribution in [2.45, 2.75) is 25.8 Å². The number of aryl methyl sites for hydroxylation is 1. The molecule has 0 saturated heterocycles. The number of aromatic nitrogens is 2. The molecule has 0 fully saturated rings. The van der Waals surface area contributed by atoms with E-state index in [4.69, 9.17) is 10.3 Å². The fraction of sp³-hybridized carbons (Fsp3) is 0.429. The van der Waals surface area contributed by atoms with E-state index >= 15 is 0 Å². The van der Waals surface area contributed by atoms with Crippen LogP contribution in [0.4, 0.5) is 5.69 Å². The van der Waals surface area contributed by atoms with Crippen LogP contribution >= 0.6 is 0 Å². The SMILES string of the molecule is CCc1nc(C(N)c2ccc3c(c2)CCN3C)no1. The lowest BCUT2D eigenvalue weighted by Crippen LogP contribution is -2.14. The normalized spacial score (nSPS) is 15.6. The summed E-state index contributed by atoms with van der Waals surface area (Å²) in [7, 11) is 2.11. The number of anilines is 1. The summed E-state index contributed by atoms with van der Waals surface area (Å²) in [5.41, 5.74) is 9.89. The summed E-state index contributed by atoms with van der Waals surface area (Å²) in [4.78, 5) is 6.56. The van der Waals surface area contributed by atoms with E-state index in [0.29, 0.717) is 11.7 Å². The van der Waals surface area contributed by atoms with Crippen molar-refractivity contribution in [3.05, 3.63) is 41.0 Å². The van der Waals surface area contributed by atoms with E-state index in [1.165, 1.54) is 11.3 Å². The van der Waals surface area contributed by atoms with Crippen LogP contribution < -0.4 is 10.6 Å². The number of fused-ring (bicyclic) bond motifs is 1. The molecule has 1 aromatic carbocycles. The molecule has 0 aliphatic carbocycles. The van der Waals surface area contributed by atoms with Crippen molar-refractivity contribution in [2.75, 3.05) is 18.5 Å². The molecule has 3 rings (SSSR count). The average Bonchev–Trinajstić information content (AvgIpc) is 3.05. The van der Waals surface area contributed by atoms with Gasteiger partial charge in [-0.3, -0.25) is 0 Å². The largest absolute Gasteiger partial charge is 0.374 e. The lowest BCUT2D eigenvalue weighted by atomic mass is 10.0. The molecular weight excluding hydrogens is 240 g/mol. The number of hydrogen-bond donors (Lipinski definition) is 1. The molecule has 100 valence electrons. The second-order valence-electron chi connectivity index (χ2n) is 4.94. The lowest BCUT2D eigenvalue weighted by Gasteiger charge is -2.13. The Balaban J connectivity index is 1.90. The first-order valence-electron chi connectivity index (χ1n) is 6.61. The van der Waals surface area contributed by atoms with E-state index in [0.717, 1.165) is 24.9 Å². The van der Waals surface area contributed by atoms with Crippen molar-refractivity contribution < 1.29 is 4.52 Å². The fourth-order valence-electron chi connectivity index (χ4n) is 2.47. The maximum atomic E-state index is 6.21. The molecule has 5 heteroatoms. The van der Waals surface area contributed by atoms with Gasteiger partial charge in [-0.25, -0.2) is 0 Å². The Kier molecular flexibility index (Phi) is 2.98. The smallest absolute Gasteiger partial charge is 0.226 e. The second kappa shape index (κ2) is 4.66. The molecule has 2 heterocycles. The molecule has 0 spiro atoms. The predicted octanol–water partition coefficient (Wildman–Crippen LogP) is 1.67. The number of likely N-dealkylation sites (N-methyl/N-ethyl adjacent to an activating group) is 1. The van der Waals surface area contributed by atoms with E-state index in [-0.39, 0.29) is 6.04 Å². The van der Waals surface area contributed by atoms with Gasteiger partial charge >= 0.3 is 0 Å². The summed E-state index contributed by atoms with van der Waals surface area (Å²) >= 11 is 0. The monoisotopic (exact) mass is 258 g/mol. The highest BCUT2D eigenvalue weighted by Gasteiger charge is 2.20. The first-order chi connectivity index (χ1) is 9.19. The molecule has 19 heavy (non-hydrogen) atoms. The van der Waals surface area contributed by atoms with Crippen LogP contribution in [0, 0.1) is 0 Å². The van der Waals surface area contributed by atoms with Gasteiger partial charge in [-0.05, 0) is 23.6 Å². The van der Waals surface area contributed by atoms with Gasteiger partial charge in [-0.1, -0.05) is 24.2 Å². The van der Waals surface area contributed by atoms with Gasteiger partial charge in [0, 0.05) is 25.7 Å². The maximum Gasteiger partial charge on any atom is 0.226 e. The van der Waals surface area contributed by atoms with E-state index in [9.17, 15) is 0 Å². The van der Waals surface area contributed by atoms with Gasteiger partial charge in [0.05, 0.1) is 6.04 Å². The maximum absolute atomic E-state index is 6.21. The van der Waals surface area contributed by atoms with Gasteiger partial charge < -0.3 is 15.2 Å². The number of nitrogens with two attached hydrogens (primary N) is 1. The minimum absolute atomic E-state index is 0.319. The van der Waals surface area contributed by atoms with Crippen LogP contribution in [0.1, 0.15) is 35.8 Å². The van der Waals surface area contributed by atoms with E-state index in [1.807, 2.05) is 13.0 Å². The van der Waals surface area contributed by atoms with Gasteiger partial charge in [0.1, 0.15) is 0 Å². The zero-order valence-corrected chi connectivity index (χ0v) is 11.3. The molecule has 5 nitrogen and oxygen atoms in total. The molecule has 1 aliphatic rings. The minimum Gasteiger partial charge on any atom is -0.374 e. The Bertz CT molecular complexity index is 593.